The Hall–Kier alpha value is -1.20. The molecule has 0 saturated heterocycles. The molecule has 2 aliphatic carbocycles. The van der Waals surface area contributed by atoms with Crippen LogP contribution in [-0.4, -0.2) is 22.1 Å². The first-order valence-electron chi connectivity index (χ1n) is 6.21. The zero-order valence-corrected chi connectivity index (χ0v) is 10.6. The van der Waals surface area contributed by atoms with E-state index in [-0.39, 0.29) is 17.9 Å². The van der Waals surface area contributed by atoms with Gasteiger partial charge in [0, 0.05) is 6.04 Å². The van der Waals surface area contributed by atoms with Crippen LogP contribution >= 0.6 is 11.6 Å². The van der Waals surface area contributed by atoms with E-state index in [2.05, 4.69) is 15.5 Å². The van der Waals surface area contributed by atoms with Gasteiger partial charge >= 0.3 is 0 Å². The largest absolute Gasteiger partial charge is 0.327 e. The van der Waals surface area contributed by atoms with Crippen LogP contribution in [0.1, 0.15) is 19.3 Å². The van der Waals surface area contributed by atoms with E-state index >= 15 is 0 Å². The quantitative estimate of drug-likeness (QED) is 0.849. The molecule has 2 bridgehead atoms. The monoisotopic (exact) mass is 266 g/mol. The Bertz CT molecular complexity index is 462. The maximum absolute atomic E-state index is 12.2. The van der Waals surface area contributed by atoms with Crippen LogP contribution in [0.5, 0.6) is 0 Å². The number of rotatable bonds is 2. The molecule has 3 N–H and O–H groups in total. The number of aromatic nitrogens is 2. The second kappa shape index (κ2) is 4.48. The fourth-order valence-corrected chi connectivity index (χ4v) is 3.42. The second-order valence-corrected chi connectivity index (χ2v) is 5.55. The lowest BCUT2D eigenvalue weighted by Crippen LogP contribution is -2.42. The highest BCUT2D eigenvalue weighted by Gasteiger charge is 2.49. The first-order valence-corrected chi connectivity index (χ1v) is 6.58. The molecule has 0 spiro atoms. The average molecular weight is 267 g/mol. The summed E-state index contributed by atoms with van der Waals surface area (Å²) in [6.45, 7) is 0. The molecule has 3 rings (SSSR count). The van der Waals surface area contributed by atoms with Crippen molar-refractivity contribution in [2.75, 3.05) is 5.32 Å². The average Bonchev–Trinajstić information content (AvgIpc) is 2.92. The van der Waals surface area contributed by atoms with Crippen molar-refractivity contribution in [3.63, 3.8) is 0 Å². The molecule has 4 unspecified atom stereocenters. The van der Waals surface area contributed by atoms with Crippen molar-refractivity contribution >= 4 is 23.3 Å². The van der Waals surface area contributed by atoms with Crippen molar-refractivity contribution in [1.29, 1.82) is 0 Å². The van der Waals surface area contributed by atoms with E-state index < -0.39 is 0 Å². The van der Waals surface area contributed by atoms with Crippen molar-refractivity contribution in [2.45, 2.75) is 25.3 Å². The van der Waals surface area contributed by atoms with E-state index in [9.17, 15) is 4.79 Å². The SMILES string of the molecule is NC1C2CCC(C2)C1C(=O)Nc1ccc(Cl)nn1. The van der Waals surface area contributed by atoms with E-state index in [4.69, 9.17) is 17.3 Å². The predicted molar refractivity (Wildman–Crippen MR) is 68.0 cm³/mol. The van der Waals surface area contributed by atoms with Crippen LogP contribution in [0.15, 0.2) is 12.1 Å². The van der Waals surface area contributed by atoms with Gasteiger partial charge in [-0.05, 0) is 43.2 Å². The van der Waals surface area contributed by atoms with Crippen LogP contribution < -0.4 is 11.1 Å². The Labute approximate surface area is 110 Å². The third kappa shape index (κ3) is 1.97. The molecule has 0 radical (unpaired) electrons. The van der Waals surface area contributed by atoms with Gasteiger partial charge in [-0.3, -0.25) is 4.79 Å². The van der Waals surface area contributed by atoms with Gasteiger partial charge < -0.3 is 11.1 Å². The molecule has 5 nitrogen and oxygen atoms in total. The molecule has 1 heterocycles. The Morgan fingerprint density at radius 2 is 2.11 bits per heavy atom. The summed E-state index contributed by atoms with van der Waals surface area (Å²) >= 11 is 5.64. The minimum atomic E-state index is -0.0822. The molecule has 96 valence electrons. The highest BCUT2D eigenvalue weighted by atomic mass is 35.5. The molecule has 2 fully saturated rings. The normalized spacial score (nSPS) is 33.7. The van der Waals surface area contributed by atoms with Crippen LogP contribution in [0.3, 0.4) is 0 Å². The van der Waals surface area contributed by atoms with Crippen LogP contribution in [0.25, 0.3) is 0 Å². The topological polar surface area (TPSA) is 80.9 Å². The molecule has 2 aliphatic rings. The lowest BCUT2D eigenvalue weighted by atomic mass is 9.84. The molecular weight excluding hydrogens is 252 g/mol. The molecule has 4 atom stereocenters. The Balaban J connectivity index is 1.70. The maximum Gasteiger partial charge on any atom is 0.230 e. The number of nitrogens with one attached hydrogen (secondary N) is 1. The minimum Gasteiger partial charge on any atom is -0.327 e. The van der Waals surface area contributed by atoms with E-state index in [1.807, 2.05) is 0 Å². The van der Waals surface area contributed by atoms with E-state index in [1.165, 1.54) is 0 Å². The Morgan fingerprint density at radius 1 is 1.33 bits per heavy atom. The van der Waals surface area contributed by atoms with Crippen LogP contribution in [0.2, 0.25) is 5.15 Å². The second-order valence-electron chi connectivity index (χ2n) is 5.17. The lowest BCUT2D eigenvalue weighted by Gasteiger charge is -2.26. The number of hydrogen-bond acceptors (Lipinski definition) is 4. The zero-order valence-electron chi connectivity index (χ0n) is 9.84. The van der Waals surface area contributed by atoms with Crippen molar-refractivity contribution in [3.05, 3.63) is 17.3 Å². The number of fused-ring (bicyclic) bond motifs is 2. The Morgan fingerprint density at radius 3 is 2.72 bits per heavy atom. The van der Waals surface area contributed by atoms with Gasteiger partial charge in [-0.25, -0.2) is 0 Å². The van der Waals surface area contributed by atoms with Crippen LogP contribution in [0.4, 0.5) is 5.82 Å². The number of anilines is 1. The van der Waals surface area contributed by atoms with Gasteiger partial charge in [-0.15, -0.1) is 10.2 Å². The number of hydrogen-bond donors (Lipinski definition) is 2. The molecule has 0 aromatic carbocycles. The summed E-state index contributed by atoms with van der Waals surface area (Å²) in [4.78, 5) is 12.2. The van der Waals surface area contributed by atoms with Gasteiger partial charge in [0.1, 0.15) is 0 Å². The molecule has 6 heteroatoms. The van der Waals surface area contributed by atoms with E-state index in [0.717, 1.165) is 19.3 Å². The summed E-state index contributed by atoms with van der Waals surface area (Å²) in [5.74, 6) is 1.26. The number of nitrogens with two attached hydrogens (primary N) is 1. The van der Waals surface area contributed by atoms with Crippen LogP contribution in [0, 0.1) is 17.8 Å². The van der Waals surface area contributed by atoms with Crippen LogP contribution in [-0.2, 0) is 4.79 Å². The van der Waals surface area contributed by atoms with Gasteiger partial charge in [0.15, 0.2) is 11.0 Å². The standard InChI is InChI=1S/C12H15ClN4O/c13-8-3-4-9(17-16-8)15-12(18)10-6-1-2-7(5-6)11(10)14/h3-4,6-7,10-11H,1-2,5,14H2,(H,15,17,18). The third-order valence-corrected chi connectivity index (χ3v) is 4.37. The maximum atomic E-state index is 12.2. The third-order valence-electron chi connectivity index (χ3n) is 4.17. The fraction of sp³-hybridized carbons (Fsp3) is 0.583. The van der Waals surface area contributed by atoms with Gasteiger partial charge in [0.25, 0.3) is 0 Å². The zero-order chi connectivity index (χ0) is 12.7. The van der Waals surface area contributed by atoms with E-state index in [1.54, 1.807) is 12.1 Å². The highest BCUT2D eigenvalue weighted by Crippen LogP contribution is 2.47. The van der Waals surface area contributed by atoms with Gasteiger partial charge in [-0.1, -0.05) is 11.6 Å². The van der Waals surface area contributed by atoms with Gasteiger partial charge in [0.2, 0.25) is 5.91 Å². The van der Waals surface area contributed by atoms with Crippen molar-refractivity contribution in [3.8, 4) is 0 Å². The first-order chi connectivity index (χ1) is 8.65. The van der Waals surface area contributed by atoms with Crippen molar-refractivity contribution in [1.82, 2.24) is 10.2 Å². The summed E-state index contributed by atoms with van der Waals surface area (Å²) in [6, 6.07) is 3.24. The summed E-state index contributed by atoms with van der Waals surface area (Å²) in [7, 11) is 0. The van der Waals surface area contributed by atoms with Crippen molar-refractivity contribution < 1.29 is 4.79 Å². The number of amides is 1. The van der Waals surface area contributed by atoms with Crippen molar-refractivity contribution in [2.24, 2.45) is 23.5 Å². The summed E-state index contributed by atoms with van der Waals surface area (Å²) < 4.78 is 0. The Kier molecular flexibility index (Phi) is 2.95. The molecule has 1 aromatic rings. The summed E-state index contributed by atoms with van der Waals surface area (Å²) in [5.41, 5.74) is 6.12. The molecule has 2 saturated carbocycles. The van der Waals surface area contributed by atoms with E-state index in [0.29, 0.717) is 22.8 Å². The number of carbonyl (C=O) groups excluding carboxylic acids is 1. The molecule has 18 heavy (non-hydrogen) atoms. The minimum absolute atomic E-state index is 0.0102. The molecule has 1 aromatic heterocycles. The number of carbonyl (C=O) groups is 1. The predicted octanol–water partition coefficient (Wildman–Crippen LogP) is 1.44. The summed E-state index contributed by atoms with van der Waals surface area (Å²) in [6.07, 6.45) is 3.37. The van der Waals surface area contributed by atoms with Gasteiger partial charge in [-0.2, -0.15) is 0 Å². The number of nitrogens with zero attached hydrogens (tertiary/aromatic N) is 2. The smallest absolute Gasteiger partial charge is 0.230 e. The fourth-order valence-electron chi connectivity index (χ4n) is 3.32. The molecule has 0 aliphatic heterocycles. The van der Waals surface area contributed by atoms with Gasteiger partial charge in [0.05, 0.1) is 5.92 Å². The highest BCUT2D eigenvalue weighted by molar-refractivity contribution is 6.29. The number of halogens is 1. The molecule has 1 amide bonds. The first kappa shape index (κ1) is 11.9. The molecular formula is C12H15ClN4O. The summed E-state index contributed by atoms with van der Waals surface area (Å²) in [5, 5.41) is 10.6. The lowest BCUT2D eigenvalue weighted by molar-refractivity contribution is -0.121.